The molecule has 0 fully saturated rings. The SMILES string of the molecule is Cc1ccccc1C(=O)NCc1nn(CC(=O)Nc2ccccc2[N+](=O)[O-])c(=S)n1C. The van der Waals surface area contributed by atoms with Gasteiger partial charge in [-0.2, -0.15) is 5.10 Å². The van der Waals surface area contributed by atoms with E-state index < -0.39 is 10.8 Å². The van der Waals surface area contributed by atoms with E-state index in [-0.39, 0.29) is 35.1 Å². The summed E-state index contributed by atoms with van der Waals surface area (Å²) in [5.74, 6) is -0.294. The highest BCUT2D eigenvalue weighted by Crippen LogP contribution is 2.23. The molecule has 160 valence electrons. The molecule has 1 heterocycles. The number of para-hydroxylation sites is 2. The maximum absolute atomic E-state index is 12.4. The molecule has 0 saturated heterocycles. The summed E-state index contributed by atoms with van der Waals surface area (Å²) in [4.78, 5) is 35.3. The van der Waals surface area contributed by atoms with Crippen molar-refractivity contribution in [2.75, 3.05) is 5.32 Å². The minimum Gasteiger partial charge on any atom is -0.345 e. The summed E-state index contributed by atoms with van der Waals surface area (Å²) >= 11 is 5.32. The van der Waals surface area contributed by atoms with Crippen molar-refractivity contribution >= 4 is 35.4 Å². The topological polar surface area (TPSA) is 124 Å². The van der Waals surface area contributed by atoms with E-state index in [0.29, 0.717) is 11.4 Å². The Balaban J connectivity index is 1.69. The molecule has 31 heavy (non-hydrogen) atoms. The van der Waals surface area contributed by atoms with Gasteiger partial charge in [0, 0.05) is 18.7 Å². The first-order valence-corrected chi connectivity index (χ1v) is 9.68. The van der Waals surface area contributed by atoms with Gasteiger partial charge in [0.1, 0.15) is 12.2 Å². The van der Waals surface area contributed by atoms with Gasteiger partial charge in [-0.05, 0) is 36.8 Å². The van der Waals surface area contributed by atoms with E-state index in [1.165, 1.54) is 22.9 Å². The first-order valence-electron chi connectivity index (χ1n) is 9.27. The largest absolute Gasteiger partial charge is 0.345 e. The number of hydrogen-bond acceptors (Lipinski definition) is 6. The summed E-state index contributed by atoms with van der Waals surface area (Å²) in [6.07, 6.45) is 0. The molecule has 10 nitrogen and oxygen atoms in total. The van der Waals surface area contributed by atoms with E-state index in [1.807, 2.05) is 19.1 Å². The Morgan fingerprint density at radius 3 is 2.55 bits per heavy atom. The molecular formula is C20H20N6O4S. The lowest BCUT2D eigenvalue weighted by Gasteiger charge is -2.07. The average Bonchev–Trinajstić information content (AvgIpc) is 3.00. The molecule has 0 aliphatic heterocycles. The number of nitro benzene ring substituents is 1. The van der Waals surface area contributed by atoms with Gasteiger partial charge in [-0.1, -0.05) is 30.3 Å². The Morgan fingerprint density at radius 1 is 1.16 bits per heavy atom. The fourth-order valence-electron chi connectivity index (χ4n) is 2.94. The number of nitrogens with one attached hydrogen (secondary N) is 2. The monoisotopic (exact) mass is 440 g/mol. The third kappa shape index (κ3) is 5.01. The summed E-state index contributed by atoms with van der Waals surface area (Å²) < 4.78 is 3.17. The van der Waals surface area contributed by atoms with Crippen LogP contribution >= 0.6 is 12.2 Å². The molecule has 0 saturated carbocycles. The van der Waals surface area contributed by atoms with E-state index in [9.17, 15) is 19.7 Å². The van der Waals surface area contributed by atoms with E-state index in [4.69, 9.17) is 12.2 Å². The second-order valence-electron chi connectivity index (χ2n) is 6.74. The average molecular weight is 440 g/mol. The fraction of sp³-hybridized carbons (Fsp3) is 0.200. The summed E-state index contributed by atoms with van der Waals surface area (Å²) in [6, 6.07) is 13.1. The zero-order valence-electron chi connectivity index (χ0n) is 16.9. The van der Waals surface area contributed by atoms with E-state index in [2.05, 4.69) is 15.7 Å². The van der Waals surface area contributed by atoms with Gasteiger partial charge in [0.15, 0.2) is 10.6 Å². The molecule has 0 unspecified atom stereocenters. The number of carbonyl (C=O) groups excluding carboxylic acids is 2. The normalized spacial score (nSPS) is 10.5. The molecule has 2 N–H and O–H groups in total. The van der Waals surface area contributed by atoms with Gasteiger partial charge in [-0.25, -0.2) is 4.68 Å². The molecule has 3 rings (SSSR count). The number of nitro groups is 1. The number of benzene rings is 2. The molecule has 3 aromatic rings. The number of aromatic nitrogens is 3. The Bertz CT molecular complexity index is 1220. The van der Waals surface area contributed by atoms with Crippen LogP contribution in [0.4, 0.5) is 11.4 Å². The number of rotatable bonds is 7. The lowest BCUT2D eigenvalue weighted by atomic mass is 10.1. The second-order valence-corrected chi connectivity index (χ2v) is 7.10. The first kappa shape index (κ1) is 21.8. The maximum atomic E-state index is 12.4. The Kier molecular flexibility index (Phi) is 6.55. The molecule has 0 aliphatic carbocycles. The van der Waals surface area contributed by atoms with Crippen LogP contribution in [0.3, 0.4) is 0 Å². The number of nitrogens with zero attached hydrogens (tertiary/aromatic N) is 4. The number of aryl methyl sites for hydroxylation is 1. The van der Waals surface area contributed by atoms with Gasteiger partial charge < -0.3 is 15.2 Å². The summed E-state index contributed by atoms with van der Waals surface area (Å²) in [6.45, 7) is 1.73. The number of anilines is 1. The molecule has 0 atom stereocenters. The van der Waals surface area contributed by atoms with Crippen LogP contribution in [-0.2, 0) is 24.9 Å². The van der Waals surface area contributed by atoms with Gasteiger partial charge in [-0.3, -0.25) is 19.7 Å². The van der Waals surface area contributed by atoms with Crippen molar-refractivity contribution in [3.8, 4) is 0 Å². The van der Waals surface area contributed by atoms with Gasteiger partial charge >= 0.3 is 0 Å². The van der Waals surface area contributed by atoms with Crippen LogP contribution in [0.25, 0.3) is 0 Å². The van der Waals surface area contributed by atoms with Crippen LogP contribution in [0, 0.1) is 21.8 Å². The first-order chi connectivity index (χ1) is 14.8. The summed E-state index contributed by atoms with van der Waals surface area (Å²) in [5.41, 5.74) is 1.29. The third-order valence-corrected chi connectivity index (χ3v) is 5.08. The van der Waals surface area contributed by atoms with Crippen molar-refractivity contribution in [2.45, 2.75) is 20.0 Å². The molecule has 1 aromatic heterocycles. The van der Waals surface area contributed by atoms with Crippen LogP contribution in [0.2, 0.25) is 0 Å². The highest BCUT2D eigenvalue weighted by Gasteiger charge is 2.17. The molecule has 0 aliphatic rings. The van der Waals surface area contributed by atoms with Crippen LogP contribution in [0.1, 0.15) is 21.7 Å². The zero-order valence-corrected chi connectivity index (χ0v) is 17.7. The van der Waals surface area contributed by atoms with Crippen molar-refractivity contribution in [3.05, 3.63) is 80.4 Å². The number of hydrogen-bond donors (Lipinski definition) is 2. The second kappa shape index (κ2) is 9.30. The van der Waals surface area contributed by atoms with Crippen molar-refractivity contribution in [1.82, 2.24) is 19.7 Å². The zero-order chi connectivity index (χ0) is 22.5. The van der Waals surface area contributed by atoms with Crippen molar-refractivity contribution in [3.63, 3.8) is 0 Å². The number of amides is 2. The standard InChI is InChI=1S/C20H20N6O4S/c1-13-7-3-4-8-14(13)19(28)21-11-17-23-25(20(31)24(17)2)12-18(27)22-15-9-5-6-10-16(15)26(29)30/h3-10H,11-12H2,1-2H3,(H,21,28)(H,22,27). The minimum absolute atomic E-state index is 0.0886. The van der Waals surface area contributed by atoms with Crippen LogP contribution in [-0.4, -0.2) is 31.1 Å². The molecule has 2 amide bonds. The van der Waals surface area contributed by atoms with Crippen molar-refractivity contribution < 1.29 is 14.5 Å². The van der Waals surface area contributed by atoms with Gasteiger partial charge in [0.2, 0.25) is 5.91 Å². The molecule has 2 aromatic carbocycles. The Labute approximate surface area is 182 Å². The van der Waals surface area contributed by atoms with E-state index in [0.717, 1.165) is 5.56 Å². The fourth-order valence-corrected chi connectivity index (χ4v) is 3.15. The lowest BCUT2D eigenvalue weighted by Crippen LogP contribution is -2.25. The third-order valence-electron chi connectivity index (χ3n) is 4.60. The molecule has 0 spiro atoms. The van der Waals surface area contributed by atoms with Gasteiger partial charge in [0.25, 0.3) is 11.6 Å². The predicted molar refractivity (Wildman–Crippen MR) is 116 cm³/mol. The van der Waals surface area contributed by atoms with E-state index in [1.54, 1.807) is 29.8 Å². The molecule has 11 heteroatoms. The van der Waals surface area contributed by atoms with Crippen LogP contribution in [0.15, 0.2) is 48.5 Å². The highest BCUT2D eigenvalue weighted by molar-refractivity contribution is 7.71. The predicted octanol–water partition coefficient (Wildman–Crippen LogP) is 2.74. The Hall–Kier alpha value is -3.86. The highest BCUT2D eigenvalue weighted by atomic mass is 32.1. The smallest absolute Gasteiger partial charge is 0.292 e. The molecule has 0 bridgehead atoms. The van der Waals surface area contributed by atoms with Crippen LogP contribution in [0.5, 0.6) is 0 Å². The van der Waals surface area contributed by atoms with Gasteiger partial charge in [-0.15, -0.1) is 0 Å². The molecular weight excluding hydrogens is 420 g/mol. The summed E-state index contributed by atoms with van der Waals surface area (Å²) in [7, 11) is 1.68. The number of carbonyl (C=O) groups is 2. The van der Waals surface area contributed by atoms with Gasteiger partial charge in [0.05, 0.1) is 11.5 Å². The maximum Gasteiger partial charge on any atom is 0.292 e. The minimum atomic E-state index is -0.572. The van der Waals surface area contributed by atoms with Crippen LogP contribution < -0.4 is 10.6 Å². The summed E-state index contributed by atoms with van der Waals surface area (Å²) in [5, 5.41) is 20.7. The van der Waals surface area contributed by atoms with Crippen molar-refractivity contribution in [1.29, 1.82) is 0 Å². The quantitative estimate of drug-likeness (QED) is 0.331. The van der Waals surface area contributed by atoms with E-state index >= 15 is 0 Å². The lowest BCUT2D eigenvalue weighted by molar-refractivity contribution is -0.383. The Morgan fingerprint density at radius 2 is 1.84 bits per heavy atom. The molecule has 0 radical (unpaired) electrons. The van der Waals surface area contributed by atoms with Crippen molar-refractivity contribution in [2.24, 2.45) is 7.05 Å².